The van der Waals surface area contributed by atoms with E-state index in [0.29, 0.717) is 42.7 Å². The molecule has 134 valence electrons. The molecule has 24 heavy (non-hydrogen) atoms. The van der Waals surface area contributed by atoms with Gasteiger partial charge in [0.25, 0.3) is 5.91 Å². The van der Waals surface area contributed by atoms with Crippen molar-refractivity contribution in [1.82, 2.24) is 14.7 Å². The number of aryl methyl sites for hydroxylation is 1. The molecule has 1 amide bonds. The van der Waals surface area contributed by atoms with Crippen LogP contribution in [0.2, 0.25) is 0 Å². The van der Waals surface area contributed by atoms with Gasteiger partial charge in [0, 0.05) is 19.5 Å². The number of alkyl halides is 3. The van der Waals surface area contributed by atoms with Crippen LogP contribution in [0.15, 0.2) is 6.07 Å². The van der Waals surface area contributed by atoms with E-state index < -0.39 is 24.6 Å². The average molecular weight is 347 g/mol. The number of hydrogen-bond acceptors (Lipinski definition) is 3. The molecule has 1 aromatic heterocycles. The molecule has 6 nitrogen and oxygen atoms in total. The number of aromatic nitrogens is 2. The first-order valence-corrected chi connectivity index (χ1v) is 7.78. The Morgan fingerprint density at radius 2 is 1.96 bits per heavy atom. The molecule has 9 heteroatoms. The number of carbonyl (C=O) groups is 2. The predicted molar refractivity (Wildman–Crippen MR) is 78.5 cm³/mol. The van der Waals surface area contributed by atoms with E-state index in [4.69, 9.17) is 5.11 Å². The molecule has 1 saturated heterocycles. The van der Waals surface area contributed by atoms with E-state index in [2.05, 4.69) is 5.10 Å². The van der Waals surface area contributed by atoms with E-state index in [1.54, 1.807) is 6.92 Å². The first-order chi connectivity index (χ1) is 11.2. The van der Waals surface area contributed by atoms with Gasteiger partial charge in [-0.3, -0.25) is 14.3 Å². The molecule has 0 spiro atoms. The Morgan fingerprint density at radius 1 is 1.33 bits per heavy atom. The number of likely N-dealkylation sites (tertiary alicyclic amines) is 1. The summed E-state index contributed by atoms with van der Waals surface area (Å²) in [7, 11) is 0. The summed E-state index contributed by atoms with van der Waals surface area (Å²) in [6.45, 7) is 1.08. The Hall–Kier alpha value is -2.06. The fourth-order valence-corrected chi connectivity index (χ4v) is 2.92. The molecule has 1 aliphatic heterocycles. The zero-order valence-corrected chi connectivity index (χ0v) is 13.3. The van der Waals surface area contributed by atoms with Gasteiger partial charge >= 0.3 is 12.1 Å². The van der Waals surface area contributed by atoms with Gasteiger partial charge in [-0.05, 0) is 38.2 Å². The van der Waals surface area contributed by atoms with Gasteiger partial charge < -0.3 is 10.0 Å². The fraction of sp³-hybridized carbons (Fsp3) is 0.667. The molecule has 0 atom stereocenters. The predicted octanol–water partition coefficient (Wildman–Crippen LogP) is 2.47. The zero-order chi connectivity index (χ0) is 17.9. The highest BCUT2D eigenvalue weighted by Crippen LogP contribution is 2.24. The molecule has 1 N–H and O–H groups in total. The smallest absolute Gasteiger partial charge is 0.408 e. The number of amides is 1. The van der Waals surface area contributed by atoms with Gasteiger partial charge in [-0.2, -0.15) is 18.3 Å². The van der Waals surface area contributed by atoms with Gasteiger partial charge in [-0.15, -0.1) is 0 Å². The van der Waals surface area contributed by atoms with E-state index in [-0.39, 0.29) is 18.0 Å². The van der Waals surface area contributed by atoms with Gasteiger partial charge in [0.05, 0.1) is 5.69 Å². The highest BCUT2D eigenvalue weighted by Gasteiger charge is 2.32. The number of nitrogens with zero attached hydrogens (tertiary/aromatic N) is 3. The van der Waals surface area contributed by atoms with Gasteiger partial charge in [0.2, 0.25) is 0 Å². The van der Waals surface area contributed by atoms with Crippen LogP contribution >= 0.6 is 0 Å². The number of rotatable bonds is 5. The van der Waals surface area contributed by atoms with Crippen LogP contribution in [0, 0.1) is 12.8 Å². The minimum atomic E-state index is -4.45. The summed E-state index contributed by atoms with van der Waals surface area (Å²) in [4.78, 5) is 24.6. The number of carbonyl (C=O) groups excluding carboxylic acids is 1. The molecule has 1 fully saturated rings. The summed E-state index contributed by atoms with van der Waals surface area (Å²) < 4.78 is 38.5. The van der Waals surface area contributed by atoms with E-state index in [0.717, 1.165) is 0 Å². The van der Waals surface area contributed by atoms with E-state index in [1.165, 1.54) is 11.0 Å². The molecular formula is C15H20F3N3O3. The lowest BCUT2D eigenvalue weighted by atomic mass is 9.92. The second-order valence-corrected chi connectivity index (χ2v) is 6.11. The summed E-state index contributed by atoms with van der Waals surface area (Å²) in [6, 6.07) is 1.37. The van der Waals surface area contributed by atoms with E-state index in [9.17, 15) is 22.8 Å². The van der Waals surface area contributed by atoms with Crippen molar-refractivity contribution in [3.63, 3.8) is 0 Å². The summed E-state index contributed by atoms with van der Waals surface area (Å²) in [6.07, 6.45) is -2.48. The third-order valence-electron chi connectivity index (χ3n) is 4.12. The standard InChI is InChI=1S/C15H20F3N3O3/c1-10-8-12(21(19-10)9-15(16,17)18)14(24)20-6-4-11(5-7-20)2-3-13(22)23/h8,11H,2-7,9H2,1H3,(H,22,23). The molecule has 2 rings (SSSR count). The molecular weight excluding hydrogens is 327 g/mol. The van der Waals surface area contributed by atoms with Crippen LogP contribution in [0.4, 0.5) is 13.2 Å². The van der Waals surface area contributed by atoms with Crippen molar-refractivity contribution in [2.45, 2.75) is 45.3 Å². The zero-order valence-electron chi connectivity index (χ0n) is 13.3. The topological polar surface area (TPSA) is 75.4 Å². The van der Waals surface area contributed by atoms with Crippen LogP contribution in [0.5, 0.6) is 0 Å². The van der Waals surface area contributed by atoms with Crippen molar-refractivity contribution in [3.8, 4) is 0 Å². The Kier molecular flexibility index (Phi) is 5.51. The van der Waals surface area contributed by atoms with Gasteiger partial charge in [-0.25, -0.2) is 0 Å². The van der Waals surface area contributed by atoms with E-state index in [1.807, 2.05) is 0 Å². The second-order valence-electron chi connectivity index (χ2n) is 6.11. The highest BCUT2D eigenvalue weighted by molar-refractivity contribution is 5.92. The molecule has 0 radical (unpaired) electrons. The number of hydrogen-bond donors (Lipinski definition) is 1. The number of halogens is 3. The first kappa shape index (κ1) is 18.3. The third kappa shape index (κ3) is 4.97. The largest absolute Gasteiger partial charge is 0.481 e. The molecule has 0 aliphatic carbocycles. The lowest BCUT2D eigenvalue weighted by Crippen LogP contribution is -2.40. The van der Waals surface area contributed by atoms with Crippen LogP contribution in [0.3, 0.4) is 0 Å². The van der Waals surface area contributed by atoms with Crippen LogP contribution in [0.25, 0.3) is 0 Å². The average Bonchev–Trinajstić information content (AvgIpc) is 2.83. The van der Waals surface area contributed by atoms with E-state index >= 15 is 0 Å². The third-order valence-corrected chi connectivity index (χ3v) is 4.12. The van der Waals surface area contributed by atoms with Crippen molar-refractivity contribution >= 4 is 11.9 Å². The van der Waals surface area contributed by atoms with Crippen LogP contribution in [-0.2, 0) is 11.3 Å². The van der Waals surface area contributed by atoms with Crippen LogP contribution in [-0.4, -0.2) is 50.9 Å². The van der Waals surface area contributed by atoms with Crippen molar-refractivity contribution in [3.05, 3.63) is 17.5 Å². The minimum absolute atomic E-state index is 0.0613. The summed E-state index contributed by atoms with van der Waals surface area (Å²) in [5.74, 6) is -1.08. The Morgan fingerprint density at radius 3 is 2.50 bits per heavy atom. The Bertz CT molecular complexity index is 605. The Labute approximate surface area is 137 Å². The number of carboxylic acids is 1. The van der Waals surface area contributed by atoms with Crippen molar-refractivity contribution in [2.24, 2.45) is 5.92 Å². The highest BCUT2D eigenvalue weighted by atomic mass is 19.4. The summed E-state index contributed by atoms with van der Waals surface area (Å²) in [5.41, 5.74) is 0.299. The van der Waals surface area contributed by atoms with Crippen molar-refractivity contribution in [1.29, 1.82) is 0 Å². The molecule has 0 aromatic carbocycles. The lowest BCUT2D eigenvalue weighted by Gasteiger charge is -2.32. The molecule has 0 unspecified atom stereocenters. The maximum atomic E-state index is 12.6. The lowest BCUT2D eigenvalue weighted by molar-refractivity contribution is -0.143. The monoisotopic (exact) mass is 347 g/mol. The maximum absolute atomic E-state index is 12.6. The van der Waals surface area contributed by atoms with Crippen molar-refractivity contribution in [2.75, 3.05) is 13.1 Å². The molecule has 0 saturated carbocycles. The maximum Gasteiger partial charge on any atom is 0.408 e. The molecule has 1 aromatic rings. The quantitative estimate of drug-likeness (QED) is 0.888. The SMILES string of the molecule is Cc1cc(C(=O)N2CCC(CCC(=O)O)CC2)n(CC(F)(F)F)n1. The second kappa shape index (κ2) is 7.23. The Balaban J connectivity index is 1.99. The van der Waals surface area contributed by atoms with Gasteiger partial charge in [-0.1, -0.05) is 0 Å². The van der Waals surface area contributed by atoms with Gasteiger partial charge in [0.15, 0.2) is 0 Å². The number of piperidine rings is 1. The molecule has 0 bridgehead atoms. The van der Waals surface area contributed by atoms with Gasteiger partial charge in [0.1, 0.15) is 12.2 Å². The number of carboxylic acid groups (broad SMARTS) is 1. The summed E-state index contributed by atoms with van der Waals surface area (Å²) >= 11 is 0. The molecule has 1 aliphatic rings. The fourth-order valence-electron chi connectivity index (χ4n) is 2.92. The number of aliphatic carboxylic acids is 1. The van der Waals surface area contributed by atoms with Crippen LogP contribution in [0.1, 0.15) is 41.9 Å². The molecule has 2 heterocycles. The normalized spacial score (nSPS) is 16.4. The summed E-state index contributed by atoms with van der Waals surface area (Å²) in [5, 5.41) is 12.5. The minimum Gasteiger partial charge on any atom is -0.481 e. The van der Waals surface area contributed by atoms with Crippen LogP contribution < -0.4 is 0 Å². The first-order valence-electron chi connectivity index (χ1n) is 7.78. The van der Waals surface area contributed by atoms with Crippen molar-refractivity contribution < 1.29 is 27.9 Å².